The van der Waals surface area contributed by atoms with E-state index in [-0.39, 0.29) is 36.6 Å². The van der Waals surface area contributed by atoms with Crippen LogP contribution in [-0.2, 0) is 9.59 Å². The van der Waals surface area contributed by atoms with E-state index in [0.717, 1.165) is 27.3 Å². The molecule has 8 heteroatoms. The van der Waals surface area contributed by atoms with Crippen molar-refractivity contribution >= 4 is 41.0 Å². The second kappa shape index (κ2) is 7.11. The van der Waals surface area contributed by atoms with Gasteiger partial charge in [0.05, 0.1) is 0 Å². The highest BCUT2D eigenvalue weighted by Gasteiger charge is 2.35. The normalized spacial score (nSPS) is 18.3. The Balaban J connectivity index is 1.61. The Hall–Kier alpha value is -3.45. The fourth-order valence-corrected chi connectivity index (χ4v) is 3.80. The molecule has 7 nitrogen and oxygen atoms in total. The molecule has 0 spiro atoms. The molecule has 2 aromatic carbocycles. The molecule has 5 rings (SSSR count). The lowest BCUT2D eigenvalue weighted by molar-refractivity contribution is -0.121. The Bertz CT molecular complexity index is 1170. The van der Waals surface area contributed by atoms with Crippen LogP contribution < -0.4 is 10.2 Å². The van der Waals surface area contributed by atoms with Gasteiger partial charge in [-0.15, -0.1) is 5.10 Å². The van der Waals surface area contributed by atoms with E-state index in [0.29, 0.717) is 11.0 Å². The van der Waals surface area contributed by atoms with E-state index >= 15 is 0 Å². The maximum Gasteiger partial charge on any atom is 0.260 e. The van der Waals surface area contributed by atoms with Crippen LogP contribution >= 0.6 is 11.6 Å². The molecule has 1 atom stereocenters. The maximum atomic E-state index is 12.2. The first-order chi connectivity index (χ1) is 14.5. The van der Waals surface area contributed by atoms with Crippen molar-refractivity contribution in [3.05, 3.63) is 76.3 Å². The van der Waals surface area contributed by atoms with Gasteiger partial charge in [0, 0.05) is 23.6 Å². The Kier molecular flexibility index (Phi) is 4.40. The van der Waals surface area contributed by atoms with Crippen molar-refractivity contribution in [3.63, 3.8) is 0 Å². The molecule has 0 unspecified atom stereocenters. The number of aryl methyl sites for hydroxylation is 1. The molecule has 2 aliphatic heterocycles. The van der Waals surface area contributed by atoms with Gasteiger partial charge in [0.1, 0.15) is 6.04 Å². The predicted molar refractivity (Wildman–Crippen MR) is 114 cm³/mol. The number of amides is 2. The van der Waals surface area contributed by atoms with Crippen LogP contribution in [-0.4, -0.2) is 26.6 Å². The minimum atomic E-state index is -0.277. The molecule has 2 aliphatic rings. The van der Waals surface area contributed by atoms with E-state index in [2.05, 4.69) is 15.4 Å². The number of carbonyl (C=O) groups is 2. The van der Waals surface area contributed by atoms with E-state index in [1.807, 2.05) is 61.5 Å². The van der Waals surface area contributed by atoms with Gasteiger partial charge in [-0.2, -0.15) is 4.98 Å². The molecule has 1 aromatic heterocycles. The molecule has 30 heavy (non-hydrogen) atoms. The van der Waals surface area contributed by atoms with Crippen molar-refractivity contribution in [3.8, 4) is 0 Å². The summed E-state index contributed by atoms with van der Waals surface area (Å²) in [5.41, 5.74) is 3.97. The largest absolute Gasteiger partial charge is 0.324 e. The van der Waals surface area contributed by atoms with Crippen LogP contribution in [0.5, 0.6) is 0 Å². The minimum Gasteiger partial charge on any atom is -0.324 e. The molecular formula is C22H18ClN5O2. The Morgan fingerprint density at radius 1 is 1.00 bits per heavy atom. The third-order valence-electron chi connectivity index (χ3n) is 5.28. The summed E-state index contributed by atoms with van der Waals surface area (Å²) < 4.78 is 1.71. The van der Waals surface area contributed by atoms with Crippen LogP contribution in [0.25, 0.3) is 5.70 Å². The second-order valence-electron chi connectivity index (χ2n) is 7.37. The van der Waals surface area contributed by atoms with Crippen LogP contribution in [0.4, 0.5) is 11.9 Å². The highest BCUT2D eigenvalue weighted by Crippen LogP contribution is 2.34. The Morgan fingerprint density at radius 2 is 1.67 bits per heavy atom. The molecule has 150 valence electrons. The van der Waals surface area contributed by atoms with Crippen molar-refractivity contribution in [1.82, 2.24) is 14.8 Å². The zero-order valence-corrected chi connectivity index (χ0v) is 16.9. The number of imide groups is 1. The number of aromatic nitrogens is 3. The number of rotatable bonds is 3. The average Bonchev–Trinajstić information content (AvgIpc) is 3.30. The van der Waals surface area contributed by atoms with Gasteiger partial charge in [-0.3, -0.25) is 9.59 Å². The third-order valence-corrected chi connectivity index (χ3v) is 5.53. The smallest absolute Gasteiger partial charge is 0.260 e. The lowest BCUT2D eigenvalue weighted by atomic mass is 10.0. The number of fused-ring (bicyclic) bond motifs is 1. The molecule has 3 aromatic rings. The second-order valence-corrected chi connectivity index (χ2v) is 7.81. The SMILES string of the molecule is Cc1ccc([C@H]2C=C(c3ccc(Cl)cc3)Nc3nc(N4C(=O)CCC4=O)nn32)cc1. The van der Waals surface area contributed by atoms with Gasteiger partial charge in [0.15, 0.2) is 0 Å². The molecule has 3 heterocycles. The number of nitrogens with one attached hydrogen (secondary N) is 1. The van der Waals surface area contributed by atoms with E-state index in [1.165, 1.54) is 0 Å². The minimum absolute atomic E-state index is 0.105. The molecule has 0 saturated carbocycles. The molecule has 2 amide bonds. The van der Waals surface area contributed by atoms with Gasteiger partial charge in [0.25, 0.3) is 5.95 Å². The van der Waals surface area contributed by atoms with Gasteiger partial charge in [0.2, 0.25) is 17.8 Å². The molecule has 0 aliphatic carbocycles. The lowest BCUT2D eigenvalue weighted by Crippen LogP contribution is -2.29. The first-order valence-corrected chi connectivity index (χ1v) is 10.0. The van der Waals surface area contributed by atoms with Crippen molar-refractivity contribution in [1.29, 1.82) is 0 Å². The van der Waals surface area contributed by atoms with Crippen molar-refractivity contribution in [2.45, 2.75) is 25.8 Å². The van der Waals surface area contributed by atoms with Gasteiger partial charge in [-0.05, 0) is 36.3 Å². The summed E-state index contributed by atoms with van der Waals surface area (Å²) in [6.45, 7) is 2.03. The summed E-state index contributed by atoms with van der Waals surface area (Å²) in [6, 6.07) is 15.4. The summed E-state index contributed by atoms with van der Waals surface area (Å²) in [5.74, 6) is 0.0184. The van der Waals surface area contributed by atoms with Crippen LogP contribution in [0, 0.1) is 6.92 Å². The predicted octanol–water partition coefficient (Wildman–Crippen LogP) is 3.95. The molecule has 1 saturated heterocycles. The Morgan fingerprint density at radius 3 is 2.33 bits per heavy atom. The zero-order valence-electron chi connectivity index (χ0n) is 16.2. The average molecular weight is 420 g/mol. The lowest BCUT2D eigenvalue weighted by Gasteiger charge is -2.24. The molecule has 1 N–H and O–H groups in total. The van der Waals surface area contributed by atoms with Crippen LogP contribution in [0.3, 0.4) is 0 Å². The molecule has 0 bridgehead atoms. The topological polar surface area (TPSA) is 80.1 Å². The van der Waals surface area contributed by atoms with E-state index in [9.17, 15) is 9.59 Å². The van der Waals surface area contributed by atoms with Crippen LogP contribution in [0.2, 0.25) is 5.02 Å². The highest BCUT2D eigenvalue weighted by atomic mass is 35.5. The van der Waals surface area contributed by atoms with E-state index in [4.69, 9.17) is 11.6 Å². The fourth-order valence-electron chi connectivity index (χ4n) is 3.68. The fraction of sp³-hybridized carbons (Fsp3) is 0.182. The van der Waals surface area contributed by atoms with E-state index < -0.39 is 0 Å². The molecular weight excluding hydrogens is 402 g/mol. The standard InChI is InChI=1S/C22H18ClN5O2/c1-13-2-4-15(5-3-13)18-12-17(14-6-8-16(23)9-7-14)24-21-25-22(26-28(18)21)27-19(29)10-11-20(27)30/h2-9,12,18H,10-11H2,1H3,(H,24,25,26)/t18-/m1/s1. The molecule has 1 fully saturated rings. The number of carbonyl (C=O) groups excluding carboxylic acids is 2. The van der Waals surface area contributed by atoms with E-state index in [1.54, 1.807) is 4.68 Å². The number of hydrogen-bond donors (Lipinski definition) is 1. The highest BCUT2D eigenvalue weighted by molar-refractivity contribution is 6.30. The van der Waals surface area contributed by atoms with Gasteiger partial charge >= 0.3 is 0 Å². The quantitative estimate of drug-likeness (QED) is 0.650. The summed E-state index contributed by atoms with van der Waals surface area (Å²) in [5, 5.41) is 8.45. The monoisotopic (exact) mass is 419 g/mol. The number of nitrogens with zero attached hydrogens (tertiary/aromatic N) is 4. The van der Waals surface area contributed by atoms with Crippen molar-refractivity contribution in [2.24, 2.45) is 0 Å². The Labute approximate surface area is 178 Å². The third kappa shape index (κ3) is 3.17. The molecule has 0 radical (unpaired) electrons. The maximum absolute atomic E-state index is 12.2. The number of benzene rings is 2. The number of hydrogen-bond acceptors (Lipinski definition) is 5. The van der Waals surface area contributed by atoms with Crippen molar-refractivity contribution in [2.75, 3.05) is 10.2 Å². The number of anilines is 2. The first kappa shape index (κ1) is 18.6. The van der Waals surface area contributed by atoms with Gasteiger partial charge in [-0.25, -0.2) is 9.58 Å². The zero-order chi connectivity index (χ0) is 20.8. The van der Waals surface area contributed by atoms with Gasteiger partial charge < -0.3 is 5.32 Å². The van der Waals surface area contributed by atoms with Gasteiger partial charge in [-0.1, -0.05) is 53.6 Å². The summed E-state index contributed by atoms with van der Waals surface area (Å²) >= 11 is 6.04. The van der Waals surface area contributed by atoms with Crippen molar-refractivity contribution < 1.29 is 9.59 Å². The summed E-state index contributed by atoms with van der Waals surface area (Å²) in [6.07, 6.45) is 2.42. The first-order valence-electron chi connectivity index (χ1n) is 9.63. The number of allylic oxidation sites excluding steroid dienone is 1. The van der Waals surface area contributed by atoms with Crippen LogP contribution in [0.15, 0.2) is 54.6 Å². The summed E-state index contributed by atoms with van der Waals surface area (Å²) in [7, 11) is 0. The summed E-state index contributed by atoms with van der Waals surface area (Å²) in [4.78, 5) is 29.9. The van der Waals surface area contributed by atoms with Crippen LogP contribution in [0.1, 0.15) is 35.6 Å². The number of halogens is 1.